The first-order valence-electron chi connectivity index (χ1n) is 6.24. The molecule has 0 amide bonds. The first kappa shape index (κ1) is 14.9. The summed E-state index contributed by atoms with van der Waals surface area (Å²) in [6.45, 7) is 0.0272. The van der Waals surface area contributed by atoms with Crippen LogP contribution in [0.25, 0.3) is 0 Å². The van der Waals surface area contributed by atoms with Gasteiger partial charge in [-0.05, 0) is 17.7 Å². The van der Waals surface area contributed by atoms with E-state index in [1.54, 1.807) is 24.3 Å². The predicted molar refractivity (Wildman–Crippen MR) is 72.8 cm³/mol. The third-order valence-corrected chi connectivity index (χ3v) is 3.06. The zero-order chi connectivity index (χ0) is 15.4. The highest BCUT2D eigenvalue weighted by molar-refractivity contribution is 5.86. The van der Waals surface area contributed by atoms with Crippen molar-refractivity contribution in [3.05, 3.63) is 41.2 Å². The van der Waals surface area contributed by atoms with E-state index in [0.717, 1.165) is 0 Å². The Labute approximate surface area is 120 Å². The third-order valence-electron chi connectivity index (χ3n) is 3.06. The van der Waals surface area contributed by atoms with Crippen LogP contribution in [0, 0.1) is 0 Å². The number of aromatic carboxylic acids is 1. The molecule has 0 aliphatic carbocycles. The zero-order valence-electron chi connectivity index (χ0n) is 11.4. The molecule has 0 radical (unpaired) electrons. The lowest BCUT2D eigenvalue weighted by Crippen LogP contribution is -2.16. The Kier molecular flexibility index (Phi) is 4.51. The zero-order valence-corrected chi connectivity index (χ0v) is 11.4. The molecule has 1 unspecified atom stereocenters. The molecule has 1 aromatic heterocycles. The van der Waals surface area contributed by atoms with Crippen LogP contribution in [0.2, 0.25) is 0 Å². The van der Waals surface area contributed by atoms with E-state index in [2.05, 4.69) is 10.3 Å². The molecule has 8 heteroatoms. The lowest BCUT2D eigenvalue weighted by Gasteiger charge is -2.13. The summed E-state index contributed by atoms with van der Waals surface area (Å²) in [7, 11) is 1.54. The second-order valence-electron chi connectivity index (χ2n) is 4.37. The predicted octanol–water partition coefficient (Wildman–Crippen LogP) is 0.177. The second-order valence-corrected chi connectivity index (χ2v) is 4.37. The Morgan fingerprint density at radius 1 is 1.52 bits per heavy atom. The number of carboxylic acid groups (broad SMARTS) is 1. The van der Waals surface area contributed by atoms with E-state index in [1.807, 2.05) is 0 Å². The van der Waals surface area contributed by atoms with Crippen LogP contribution in [-0.2, 0) is 13.1 Å². The van der Waals surface area contributed by atoms with Crippen molar-refractivity contribution < 1.29 is 19.7 Å². The van der Waals surface area contributed by atoms with Crippen LogP contribution in [0.5, 0.6) is 5.75 Å². The highest BCUT2D eigenvalue weighted by atomic mass is 16.5. The number of nitrogens with zero attached hydrogens (tertiary/aromatic N) is 3. The van der Waals surface area contributed by atoms with Crippen molar-refractivity contribution in [1.82, 2.24) is 15.0 Å². The lowest BCUT2D eigenvalue weighted by atomic mass is 10.1. The molecule has 1 heterocycles. The maximum atomic E-state index is 11.0. The smallest absolute Gasteiger partial charge is 0.358 e. The standard InChI is InChI=1S/C13H16N4O4/c1-21-9-4-2-3-8(5-9)11(18)7-17-10(6-14)12(13(19)20)15-16-17/h2-5,11,18H,6-7,14H2,1H3,(H,19,20). The molecule has 0 spiro atoms. The summed E-state index contributed by atoms with van der Waals surface area (Å²) in [6.07, 6.45) is -0.881. The molecule has 112 valence electrons. The monoisotopic (exact) mass is 292 g/mol. The lowest BCUT2D eigenvalue weighted by molar-refractivity contribution is 0.0688. The van der Waals surface area contributed by atoms with Gasteiger partial charge in [0.2, 0.25) is 0 Å². The molecular formula is C13H16N4O4. The maximum Gasteiger partial charge on any atom is 0.358 e. The number of rotatable bonds is 6. The summed E-state index contributed by atoms with van der Waals surface area (Å²) in [5, 5.41) is 26.5. The number of aliphatic hydroxyl groups excluding tert-OH is 1. The van der Waals surface area contributed by atoms with Crippen molar-refractivity contribution in [3.8, 4) is 5.75 Å². The van der Waals surface area contributed by atoms with Gasteiger partial charge < -0.3 is 20.7 Å². The minimum absolute atomic E-state index is 0.0283. The summed E-state index contributed by atoms with van der Waals surface area (Å²) >= 11 is 0. The fourth-order valence-electron chi connectivity index (χ4n) is 1.97. The van der Waals surface area contributed by atoms with Crippen LogP contribution in [-0.4, -0.2) is 38.3 Å². The SMILES string of the molecule is COc1cccc(C(O)Cn2nnc(C(=O)O)c2CN)c1. The molecule has 4 N–H and O–H groups in total. The van der Waals surface area contributed by atoms with Gasteiger partial charge in [-0.2, -0.15) is 0 Å². The number of benzene rings is 1. The molecule has 8 nitrogen and oxygen atoms in total. The minimum atomic E-state index is -1.20. The van der Waals surface area contributed by atoms with E-state index < -0.39 is 12.1 Å². The van der Waals surface area contributed by atoms with Gasteiger partial charge in [0, 0.05) is 6.54 Å². The number of carboxylic acids is 1. The van der Waals surface area contributed by atoms with Gasteiger partial charge in [0.1, 0.15) is 5.75 Å². The number of aromatic nitrogens is 3. The van der Waals surface area contributed by atoms with Gasteiger partial charge in [0.05, 0.1) is 25.5 Å². The van der Waals surface area contributed by atoms with Gasteiger partial charge >= 0.3 is 5.97 Å². The second kappa shape index (κ2) is 6.33. The number of hydrogen-bond acceptors (Lipinski definition) is 6. The molecule has 1 aromatic carbocycles. The molecule has 1 atom stereocenters. The minimum Gasteiger partial charge on any atom is -0.497 e. The average Bonchev–Trinajstić information content (AvgIpc) is 2.90. The van der Waals surface area contributed by atoms with E-state index >= 15 is 0 Å². The Morgan fingerprint density at radius 3 is 2.90 bits per heavy atom. The molecule has 0 bridgehead atoms. The highest BCUT2D eigenvalue weighted by Gasteiger charge is 2.20. The third kappa shape index (κ3) is 3.18. The fraction of sp³-hybridized carbons (Fsp3) is 0.308. The van der Waals surface area contributed by atoms with Crippen molar-refractivity contribution in [2.45, 2.75) is 19.2 Å². The van der Waals surface area contributed by atoms with Gasteiger partial charge in [0.25, 0.3) is 0 Å². The average molecular weight is 292 g/mol. The summed E-state index contributed by atoms with van der Waals surface area (Å²) in [4.78, 5) is 11.0. The summed E-state index contributed by atoms with van der Waals surface area (Å²) < 4.78 is 6.39. The molecule has 0 fully saturated rings. The Morgan fingerprint density at radius 2 is 2.29 bits per heavy atom. The van der Waals surface area contributed by atoms with Crippen LogP contribution < -0.4 is 10.5 Å². The Bertz CT molecular complexity index is 641. The van der Waals surface area contributed by atoms with E-state index in [1.165, 1.54) is 11.8 Å². The van der Waals surface area contributed by atoms with Crippen LogP contribution >= 0.6 is 0 Å². The topological polar surface area (TPSA) is 123 Å². The highest BCUT2D eigenvalue weighted by Crippen LogP contribution is 2.21. The summed E-state index contributed by atoms with van der Waals surface area (Å²) in [5.74, 6) is -0.576. The molecule has 2 aromatic rings. The van der Waals surface area contributed by atoms with Crippen molar-refractivity contribution >= 4 is 5.97 Å². The maximum absolute atomic E-state index is 11.0. The van der Waals surface area contributed by atoms with Crippen molar-refractivity contribution in [2.24, 2.45) is 5.73 Å². The van der Waals surface area contributed by atoms with E-state index in [-0.39, 0.29) is 24.5 Å². The van der Waals surface area contributed by atoms with Gasteiger partial charge in [-0.25, -0.2) is 9.48 Å². The van der Waals surface area contributed by atoms with E-state index in [9.17, 15) is 9.90 Å². The first-order chi connectivity index (χ1) is 10.1. The number of aliphatic hydroxyl groups is 1. The largest absolute Gasteiger partial charge is 0.497 e. The first-order valence-corrected chi connectivity index (χ1v) is 6.24. The molecular weight excluding hydrogens is 276 g/mol. The normalized spacial score (nSPS) is 12.1. The van der Waals surface area contributed by atoms with Gasteiger partial charge in [-0.15, -0.1) is 5.10 Å². The molecule has 0 saturated heterocycles. The molecule has 0 saturated carbocycles. The number of nitrogens with two attached hydrogens (primary N) is 1. The van der Waals surface area contributed by atoms with Gasteiger partial charge in [-0.1, -0.05) is 17.3 Å². The fourth-order valence-corrected chi connectivity index (χ4v) is 1.97. The van der Waals surface area contributed by atoms with Crippen LogP contribution in [0.3, 0.4) is 0 Å². The summed E-state index contributed by atoms with van der Waals surface area (Å²) in [5.41, 5.74) is 6.23. The molecule has 2 rings (SSSR count). The number of hydrogen-bond donors (Lipinski definition) is 3. The number of ether oxygens (including phenoxy) is 1. The summed E-state index contributed by atoms with van der Waals surface area (Å²) in [6, 6.07) is 6.96. The van der Waals surface area contributed by atoms with Crippen LogP contribution in [0.1, 0.15) is 27.8 Å². The molecule has 0 aliphatic rings. The molecule has 0 aliphatic heterocycles. The van der Waals surface area contributed by atoms with Crippen molar-refractivity contribution in [1.29, 1.82) is 0 Å². The molecule has 21 heavy (non-hydrogen) atoms. The van der Waals surface area contributed by atoms with Gasteiger partial charge in [0.15, 0.2) is 5.69 Å². The van der Waals surface area contributed by atoms with Crippen molar-refractivity contribution in [3.63, 3.8) is 0 Å². The van der Waals surface area contributed by atoms with Crippen molar-refractivity contribution in [2.75, 3.05) is 7.11 Å². The quantitative estimate of drug-likeness (QED) is 0.693. The van der Waals surface area contributed by atoms with Crippen LogP contribution in [0.15, 0.2) is 24.3 Å². The van der Waals surface area contributed by atoms with E-state index in [4.69, 9.17) is 15.6 Å². The Hall–Kier alpha value is -2.45. The number of carbonyl (C=O) groups is 1. The Balaban J connectivity index is 2.23. The van der Waals surface area contributed by atoms with E-state index in [0.29, 0.717) is 11.3 Å². The van der Waals surface area contributed by atoms with Crippen LogP contribution in [0.4, 0.5) is 0 Å². The van der Waals surface area contributed by atoms with Gasteiger partial charge in [-0.3, -0.25) is 0 Å². The number of methoxy groups -OCH3 is 1.